The monoisotopic (exact) mass is 465 g/mol. The molecule has 2 aromatic carbocycles. The van der Waals surface area contributed by atoms with Crippen LogP contribution in [0.2, 0.25) is 0 Å². The molecule has 4 rings (SSSR count). The Labute approximate surface area is 190 Å². The Morgan fingerprint density at radius 1 is 1.03 bits per heavy atom. The third-order valence-electron chi connectivity index (χ3n) is 4.66. The summed E-state index contributed by atoms with van der Waals surface area (Å²) in [5.74, 6) is -0.590. The molecule has 0 radical (unpaired) electrons. The number of hydrogen-bond donors (Lipinski definition) is 2. The predicted molar refractivity (Wildman–Crippen MR) is 124 cm³/mol. The number of benzene rings is 2. The van der Waals surface area contributed by atoms with E-state index in [1.54, 1.807) is 55.5 Å². The van der Waals surface area contributed by atoms with Gasteiger partial charge in [-0.2, -0.15) is 0 Å². The summed E-state index contributed by atoms with van der Waals surface area (Å²) in [6.45, 7) is 1.68. The van der Waals surface area contributed by atoms with Crippen molar-refractivity contribution in [1.82, 2.24) is 15.0 Å². The maximum absolute atomic E-state index is 14.8. The molecule has 10 heteroatoms. The molecule has 0 amide bonds. The first-order valence-corrected chi connectivity index (χ1v) is 11.5. The fourth-order valence-electron chi connectivity index (χ4n) is 3.14. The largest absolute Gasteiger partial charge is 0.438 e. The van der Waals surface area contributed by atoms with E-state index in [1.165, 1.54) is 18.5 Å². The van der Waals surface area contributed by atoms with Gasteiger partial charge in [0.2, 0.25) is 21.9 Å². The summed E-state index contributed by atoms with van der Waals surface area (Å²) < 4.78 is 48.0. The van der Waals surface area contributed by atoms with E-state index in [-0.39, 0.29) is 29.0 Å². The number of ether oxygens (including phenoxy) is 1. The Bertz CT molecular complexity index is 1400. The second-order valence-corrected chi connectivity index (χ2v) is 8.92. The van der Waals surface area contributed by atoms with Gasteiger partial charge in [-0.3, -0.25) is 4.72 Å². The molecule has 2 aromatic heterocycles. The molecule has 0 aliphatic carbocycles. The number of halogens is 1. The standard InChI is InChI=1S/C23H20FN5O3S/c1-15-12-20(29-33(30,31)14-16-6-3-2-4-7-16)18(24)13-21(15)32-22-17(8-5-10-26-22)19-9-11-27-23(25)28-19/h2-13,29H,14H2,1H3,(H2,25,27,28). The molecule has 33 heavy (non-hydrogen) atoms. The van der Waals surface area contributed by atoms with Gasteiger partial charge in [-0.15, -0.1) is 0 Å². The van der Waals surface area contributed by atoms with Gasteiger partial charge in [0.05, 0.1) is 22.7 Å². The highest BCUT2D eigenvalue weighted by atomic mass is 32.2. The van der Waals surface area contributed by atoms with Crippen LogP contribution in [-0.2, 0) is 15.8 Å². The number of nitrogen functional groups attached to an aromatic ring is 1. The number of nitrogens with zero attached hydrogens (tertiary/aromatic N) is 3. The quantitative estimate of drug-likeness (QED) is 0.417. The zero-order valence-corrected chi connectivity index (χ0v) is 18.4. The lowest BCUT2D eigenvalue weighted by atomic mass is 10.1. The van der Waals surface area contributed by atoms with Crippen molar-refractivity contribution in [2.75, 3.05) is 10.5 Å². The van der Waals surface area contributed by atoms with Crippen molar-refractivity contribution in [2.24, 2.45) is 0 Å². The number of nitrogens with one attached hydrogen (secondary N) is 1. The lowest BCUT2D eigenvalue weighted by Gasteiger charge is -2.14. The minimum absolute atomic E-state index is 0.0941. The summed E-state index contributed by atoms with van der Waals surface area (Å²) in [6.07, 6.45) is 3.04. The number of aromatic nitrogens is 3. The molecule has 8 nitrogen and oxygen atoms in total. The van der Waals surface area contributed by atoms with E-state index in [4.69, 9.17) is 10.5 Å². The van der Waals surface area contributed by atoms with Crippen molar-refractivity contribution in [3.8, 4) is 22.9 Å². The minimum atomic E-state index is -3.81. The highest BCUT2D eigenvalue weighted by Gasteiger charge is 2.18. The highest BCUT2D eigenvalue weighted by molar-refractivity contribution is 7.91. The average Bonchev–Trinajstić information content (AvgIpc) is 2.78. The first kappa shape index (κ1) is 22.2. The van der Waals surface area contributed by atoms with Crippen LogP contribution in [0, 0.1) is 12.7 Å². The van der Waals surface area contributed by atoms with Crippen LogP contribution in [0.1, 0.15) is 11.1 Å². The smallest absolute Gasteiger partial charge is 0.237 e. The second-order valence-electron chi connectivity index (χ2n) is 7.20. The van der Waals surface area contributed by atoms with Gasteiger partial charge in [0.25, 0.3) is 0 Å². The van der Waals surface area contributed by atoms with Crippen LogP contribution < -0.4 is 15.2 Å². The van der Waals surface area contributed by atoms with Crippen molar-refractivity contribution in [3.63, 3.8) is 0 Å². The predicted octanol–water partition coefficient (Wildman–Crippen LogP) is 4.30. The summed E-state index contributed by atoms with van der Waals surface area (Å²) in [5, 5.41) is 0. The van der Waals surface area contributed by atoms with Gasteiger partial charge in [0.1, 0.15) is 5.75 Å². The molecule has 0 bridgehead atoms. The van der Waals surface area contributed by atoms with Crippen molar-refractivity contribution >= 4 is 21.7 Å². The van der Waals surface area contributed by atoms with Crippen LogP contribution in [-0.4, -0.2) is 23.4 Å². The van der Waals surface area contributed by atoms with Crippen LogP contribution in [0.25, 0.3) is 11.3 Å². The van der Waals surface area contributed by atoms with Gasteiger partial charge in [-0.1, -0.05) is 30.3 Å². The molecule has 0 atom stereocenters. The lowest BCUT2D eigenvalue weighted by Crippen LogP contribution is -2.16. The van der Waals surface area contributed by atoms with E-state index in [9.17, 15) is 12.8 Å². The first-order chi connectivity index (χ1) is 15.8. The molecule has 2 heterocycles. The third kappa shape index (κ3) is 5.42. The first-order valence-electron chi connectivity index (χ1n) is 9.87. The van der Waals surface area contributed by atoms with Gasteiger partial charge in [-0.05, 0) is 42.3 Å². The van der Waals surface area contributed by atoms with Gasteiger partial charge in [0, 0.05) is 18.5 Å². The number of sulfonamides is 1. The van der Waals surface area contributed by atoms with Crippen LogP contribution in [0.15, 0.2) is 73.1 Å². The van der Waals surface area contributed by atoms with Gasteiger partial charge in [0.15, 0.2) is 5.82 Å². The van der Waals surface area contributed by atoms with Gasteiger partial charge < -0.3 is 10.5 Å². The van der Waals surface area contributed by atoms with E-state index >= 15 is 0 Å². The number of pyridine rings is 1. The molecule has 0 unspecified atom stereocenters. The number of aryl methyl sites for hydroxylation is 1. The van der Waals surface area contributed by atoms with Gasteiger partial charge in [-0.25, -0.2) is 27.8 Å². The van der Waals surface area contributed by atoms with E-state index in [2.05, 4.69) is 19.7 Å². The molecular weight excluding hydrogens is 445 g/mol. The van der Waals surface area contributed by atoms with Crippen LogP contribution in [0.5, 0.6) is 11.6 Å². The van der Waals surface area contributed by atoms with Crippen LogP contribution >= 0.6 is 0 Å². The fraction of sp³-hybridized carbons (Fsp3) is 0.0870. The second kappa shape index (κ2) is 9.21. The van der Waals surface area contributed by atoms with E-state index in [1.807, 2.05) is 0 Å². The lowest BCUT2D eigenvalue weighted by molar-refractivity contribution is 0.456. The third-order valence-corrected chi connectivity index (χ3v) is 5.90. The van der Waals surface area contributed by atoms with E-state index < -0.39 is 15.8 Å². The normalized spacial score (nSPS) is 11.2. The van der Waals surface area contributed by atoms with Crippen LogP contribution in [0.4, 0.5) is 16.0 Å². The van der Waals surface area contributed by atoms with E-state index in [0.29, 0.717) is 22.4 Å². The Kier molecular flexibility index (Phi) is 6.18. The topological polar surface area (TPSA) is 120 Å². The molecule has 0 spiro atoms. The zero-order valence-electron chi connectivity index (χ0n) is 17.6. The van der Waals surface area contributed by atoms with E-state index in [0.717, 1.165) is 6.07 Å². The Morgan fingerprint density at radius 2 is 1.82 bits per heavy atom. The average molecular weight is 466 g/mol. The van der Waals surface area contributed by atoms with Crippen molar-refractivity contribution < 1.29 is 17.5 Å². The van der Waals surface area contributed by atoms with Gasteiger partial charge >= 0.3 is 0 Å². The summed E-state index contributed by atoms with van der Waals surface area (Å²) in [6, 6.07) is 16.2. The SMILES string of the molecule is Cc1cc(NS(=O)(=O)Cc2ccccc2)c(F)cc1Oc1ncccc1-c1ccnc(N)n1. The summed E-state index contributed by atoms with van der Waals surface area (Å²) in [5.41, 5.74) is 7.64. The zero-order chi connectivity index (χ0) is 23.4. The number of anilines is 2. The fourth-order valence-corrected chi connectivity index (χ4v) is 4.34. The van der Waals surface area contributed by atoms with Crippen molar-refractivity contribution in [2.45, 2.75) is 12.7 Å². The maximum Gasteiger partial charge on any atom is 0.237 e. The number of hydrogen-bond acceptors (Lipinski definition) is 7. The molecule has 0 aliphatic rings. The Morgan fingerprint density at radius 3 is 2.58 bits per heavy atom. The van der Waals surface area contributed by atoms with Crippen LogP contribution in [0.3, 0.4) is 0 Å². The molecule has 0 saturated heterocycles. The highest BCUT2D eigenvalue weighted by Crippen LogP contribution is 2.34. The minimum Gasteiger partial charge on any atom is -0.438 e. The number of nitrogens with two attached hydrogens (primary N) is 1. The molecule has 3 N–H and O–H groups in total. The Balaban J connectivity index is 1.59. The molecular formula is C23H20FN5O3S. The molecule has 0 fully saturated rings. The summed E-state index contributed by atoms with van der Waals surface area (Å²) >= 11 is 0. The summed E-state index contributed by atoms with van der Waals surface area (Å²) in [4.78, 5) is 12.3. The molecule has 168 valence electrons. The van der Waals surface area contributed by atoms with Crippen molar-refractivity contribution in [1.29, 1.82) is 0 Å². The number of rotatable bonds is 7. The molecule has 4 aromatic rings. The maximum atomic E-state index is 14.8. The Hall–Kier alpha value is -4.05. The summed E-state index contributed by atoms with van der Waals surface area (Å²) in [7, 11) is -3.81. The molecule has 0 aliphatic heterocycles. The van der Waals surface area contributed by atoms with Crippen molar-refractivity contribution in [3.05, 3.63) is 90.0 Å². The molecule has 0 saturated carbocycles.